The van der Waals surface area contributed by atoms with Gasteiger partial charge in [0.25, 0.3) is 0 Å². The van der Waals surface area contributed by atoms with E-state index in [1.165, 1.54) is 7.11 Å². The molecule has 1 heterocycles. The van der Waals surface area contributed by atoms with E-state index >= 15 is 0 Å². The molecule has 0 bridgehead atoms. The van der Waals surface area contributed by atoms with Crippen LogP contribution in [0.2, 0.25) is 0 Å². The number of nitrogens with zero attached hydrogens (tertiary/aromatic N) is 1. The average molecular weight is 169 g/mol. The molecule has 0 atom stereocenters. The van der Waals surface area contributed by atoms with Gasteiger partial charge in [-0.05, 0) is 32.1 Å². The second kappa shape index (κ2) is 4.33. The van der Waals surface area contributed by atoms with Gasteiger partial charge in [0.1, 0.15) is 0 Å². The van der Waals surface area contributed by atoms with Crippen LogP contribution in [0.4, 0.5) is 4.79 Å². The lowest BCUT2D eigenvalue weighted by Crippen LogP contribution is -2.38. The highest BCUT2D eigenvalue weighted by atomic mass is 16.5. The van der Waals surface area contributed by atoms with Gasteiger partial charge < -0.3 is 9.64 Å². The fraction of sp³-hybridized carbons (Fsp3) is 0.778. The van der Waals surface area contributed by atoms with E-state index in [1.807, 2.05) is 0 Å². The van der Waals surface area contributed by atoms with Crippen LogP contribution < -0.4 is 0 Å². The van der Waals surface area contributed by atoms with Crippen LogP contribution in [0.3, 0.4) is 0 Å². The monoisotopic (exact) mass is 169 g/mol. The molecule has 68 valence electrons. The van der Waals surface area contributed by atoms with E-state index in [1.54, 1.807) is 4.90 Å². The standard InChI is InChI=1S/C9H15NO2/c1-3-8-4-6-10(7-5-8)9(11)12-2/h1,8H,3-7H2,2H3. The third-order valence-corrected chi connectivity index (χ3v) is 2.38. The van der Waals surface area contributed by atoms with Crippen LogP contribution in [0.5, 0.6) is 0 Å². The predicted molar refractivity (Wildman–Crippen MR) is 45.6 cm³/mol. The summed E-state index contributed by atoms with van der Waals surface area (Å²) in [6.45, 7) is 7.10. The average Bonchev–Trinajstić information content (AvgIpc) is 2.17. The van der Waals surface area contributed by atoms with E-state index in [0.717, 1.165) is 32.4 Å². The van der Waals surface area contributed by atoms with E-state index in [4.69, 9.17) is 6.92 Å². The Bertz CT molecular complexity index is 151. The maximum Gasteiger partial charge on any atom is 0.409 e. The highest BCUT2D eigenvalue weighted by Crippen LogP contribution is 2.19. The van der Waals surface area contributed by atoms with Crippen molar-refractivity contribution in [3.05, 3.63) is 6.92 Å². The molecule has 0 aromatic carbocycles. The topological polar surface area (TPSA) is 29.5 Å². The summed E-state index contributed by atoms with van der Waals surface area (Å²) >= 11 is 0. The van der Waals surface area contributed by atoms with Gasteiger partial charge in [-0.2, -0.15) is 0 Å². The van der Waals surface area contributed by atoms with Crippen molar-refractivity contribution in [3.63, 3.8) is 0 Å². The summed E-state index contributed by atoms with van der Waals surface area (Å²) in [6, 6.07) is 0. The summed E-state index contributed by atoms with van der Waals surface area (Å²) in [5.74, 6) is 0.589. The molecular formula is C9H15NO2. The molecule has 1 saturated heterocycles. The Kier molecular flexibility index (Phi) is 3.38. The molecule has 1 amide bonds. The summed E-state index contributed by atoms with van der Waals surface area (Å²) in [4.78, 5) is 12.8. The fourth-order valence-corrected chi connectivity index (χ4v) is 1.48. The van der Waals surface area contributed by atoms with Crippen molar-refractivity contribution in [1.82, 2.24) is 4.90 Å². The van der Waals surface area contributed by atoms with Crippen LogP contribution in [-0.2, 0) is 4.74 Å². The molecule has 0 saturated carbocycles. The van der Waals surface area contributed by atoms with Crippen molar-refractivity contribution >= 4 is 6.09 Å². The van der Waals surface area contributed by atoms with Gasteiger partial charge in [-0.25, -0.2) is 4.79 Å². The number of carbonyl (C=O) groups excluding carboxylic acids is 1. The largest absolute Gasteiger partial charge is 0.453 e. The Hall–Kier alpha value is -0.730. The Morgan fingerprint density at radius 1 is 1.58 bits per heavy atom. The molecule has 1 aliphatic rings. The van der Waals surface area contributed by atoms with E-state index in [-0.39, 0.29) is 6.09 Å². The van der Waals surface area contributed by atoms with E-state index in [2.05, 4.69) is 4.74 Å². The number of piperidine rings is 1. The van der Waals surface area contributed by atoms with Crippen molar-refractivity contribution in [2.45, 2.75) is 19.3 Å². The zero-order valence-electron chi connectivity index (χ0n) is 7.45. The smallest absolute Gasteiger partial charge is 0.409 e. The van der Waals surface area contributed by atoms with Crippen LogP contribution in [0.1, 0.15) is 19.3 Å². The Morgan fingerprint density at radius 2 is 2.17 bits per heavy atom. The summed E-state index contributed by atoms with van der Waals surface area (Å²) in [7, 11) is 1.41. The molecule has 0 unspecified atom stereocenters. The van der Waals surface area contributed by atoms with Gasteiger partial charge in [0, 0.05) is 13.1 Å². The molecule has 2 radical (unpaired) electrons. The molecule has 1 fully saturated rings. The number of hydrogen-bond donors (Lipinski definition) is 0. The van der Waals surface area contributed by atoms with Crippen molar-refractivity contribution in [1.29, 1.82) is 0 Å². The quantitative estimate of drug-likeness (QED) is 0.596. The molecular weight excluding hydrogens is 154 g/mol. The molecule has 0 aliphatic carbocycles. The molecule has 0 aromatic heterocycles. The lowest BCUT2D eigenvalue weighted by atomic mass is 9.95. The van der Waals surface area contributed by atoms with Gasteiger partial charge in [0.15, 0.2) is 0 Å². The zero-order chi connectivity index (χ0) is 8.97. The summed E-state index contributed by atoms with van der Waals surface area (Å²) in [5, 5.41) is 0. The fourth-order valence-electron chi connectivity index (χ4n) is 1.48. The Morgan fingerprint density at radius 3 is 2.58 bits per heavy atom. The predicted octanol–water partition coefficient (Wildman–Crippen LogP) is 1.57. The second-order valence-corrected chi connectivity index (χ2v) is 3.14. The maximum absolute atomic E-state index is 11.0. The minimum atomic E-state index is -0.217. The van der Waals surface area contributed by atoms with E-state index in [0.29, 0.717) is 5.92 Å². The third kappa shape index (κ3) is 2.13. The molecule has 1 rings (SSSR count). The zero-order valence-corrected chi connectivity index (χ0v) is 7.45. The molecule has 1 aliphatic heterocycles. The van der Waals surface area contributed by atoms with Crippen molar-refractivity contribution in [3.8, 4) is 0 Å². The maximum atomic E-state index is 11.0. The second-order valence-electron chi connectivity index (χ2n) is 3.14. The number of likely N-dealkylation sites (tertiary alicyclic amines) is 1. The summed E-state index contributed by atoms with van der Waals surface area (Å²) < 4.78 is 4.61. The van der Waals surface area contributed by atoms with Gasteiger partial charge in [-0.1, -0.05) is 0 Å². The first kappa shape index (κ1) is 9.36. The first-order valence-corrected chi connectivity index (χ1v) is 4.31. The molecule has 0 N–H and O–H groups in total. The summed E-state index contributed by atoms with van der Waals surface area (Å²) in [6.07, 6.45) is 2.53. The van der Waals surface area contributed by atoms with Crippen molar-refractivity contribution in [2.75, 3.05) is 20.2 Å². The van der Waals surface area contributed by atoms with Crippen LogP contribution in [-0.4, -0.2) is 31.2 Å². The normalized spacial score (nSPS) is 19.3. The molecule has 3 heteroatoms. The van der Waals surface area contributed by atoms with E-state index < -0.39 is 0 Å². The number of ether oxygens (including phenoxy) is 1. The number of methoxy groups -OCH3 is 1. The van der Waals surface area contributed by atoms with Crippen LogP contribution in [0.15, 0.2) is 0 Å². The van der Waals surface area contributed by atoms with Gasteiger partial charge >= 0.3 is 6.09 Å². The number of rotatable bonds is 1. The minimum absolute atomic E-state index is 0.217. The molecule has 0 aromatic rings. The summed E-state index contributed by atoms with van der Waals surface area (Å²) in [5.41, 5.74) is 0. The Labute approximate surface area is 73.7 Å². The van der Waals surface area contributed by atoms with Crippen LogP contribution >= 0.6 is 0 Å². The van der Waals surface area contributed by atoms with Gasteiger partial charge in [-0.15, -0.1) is 0 Å². The number of carbonyl (C=O) groups is 1. The van der Waals surface area contributed by atoms with E-state index in [9.17, 15) is 4.79 Å². The highest BCUT2D eigenvalue weighted by Gasteiger charge is 2.21. The highest BCUT2D eigenvalue weighted by molar-refractivity contribution is 5.67. The molecule has 0 spiro atoms. The van der Waals surface area contributed by atoms with Crippen molar-refractivity contribution in [2.24, 2.45) is 5.92 Å². The van der Waals surface area contributed by atoms with Crippen LogP contribution in [0, 0.1) is 12.8 Å². The minimum Gasteiger partial charge on any atom is -0.453 e. The van der Waals surface area contributed by atoms with Gasteiger partial charge in [0.2, 0.25) is 0 Å². The van der Waals surface area contributed by atoms with Gasteiger partial charge in [-0.3, -0.25) is 0 Å². The number of hydrogen-bond acceptors (Lipinski definition) is 2. The first-order chi connectivity index (χ1) is 5.77. The van der Waals surface area contributed by atoms with Crippen LogP contribution in [0.25, 0.3) is 0 Å². The lowest BCUT2D eigenvalue weighted by molar-refractivity contribution is 0.106. The third-order valence-electron chi connectivity index (χ3n) is 2.38. The number of amides is 1. The Balaban J connectivity index is 2.30. The molecule has 3 nitrogen and oxygen atoms in total. The lowest BCUT2D eigenvalue weighted by Gasteiger charge is -2.30. The SMILES string of the molecule is [CH]CC1CCN(C(=O)OC)CC1. The van der Waals surface area contributed by atoms with Gasteiger partial charge in [0.05, 0.1) is 7.11 Å². The molecule has 12 heavy (non-hydrogen) atoms. The van der Waals surface area contributed by atoms with Crippen molar-refractivity contribution < 1.29 is 9.53 Å². The first-order valence-electron chi connectivity index (χ1n) is 4.31.